The lowest BCUT2D eigenvalue weighted by Crippen LogP contribution is -2.28. The molecule has 1 fully saturated rings. The van der Waals surface area contributed by atoms with Gasteiger partial charge in [0.1, 0.15) is 0 Å². The Hall–Kier alpha value is -1.12. The standard InChI is InChI=1S/C10H14O3/c1-3-4-7(2)8-5-6-9(11)13-10(8)12/h8H,2-6H2,1H3. The first-order valence-electron chi connectivity index (χ1n) is 4.57. The minimum atomic E-state index is -0.422. The number of rotatable bonds is 3. The molecule has 1 unspecified atom stereocenters. The van der Waals surface area contributed by atoms with E-state index >= 15 is 0 Å². The molecule has 0 aromatic rings. The Morgan fingerprint density at radius 1 is 1.62 bits per heavy atom. The fourth-order valence-electron chi connectivity index (χ4n) is 1.48. The van der Waals surface area contributed by atoms with Gasteiger partial charge in [0.2, 0.25) is 0 Å². The van der Waals surface area contributed by atoms with Crippen LogP contribution in [0.3, 0.4) is 0 Å². The van der Waals surface area contributed by atoms with Crippen molar-refractivity contribution in [3.8, 4) is 0 Å². The molecule has 0 radical (unpaired) electrons. The van der Waals surface area contributed by atoms with Gasteiger partial charge in [0.15, 0.2) is 0 Å². The van der Waals surface area contributed by atoms with Crippen LogP contribution >= 0.6 is 0 Å². The first kappa shape index (κ1) is 9.96. The first-order valence-corrected chi connectivity index (χ1v) is 4.57. The van der Waals surface area contributed by atoms with Crippen molar-refractivity contribution in [1.82, 2.24) is 0 Å². The Kier molecular flexibility index (Phi) is 3.23. The fourth-order valence-corrected chi connectivity index (χ4v) is 1.48. The summed E-state index contributed by atoms with van der Waals surface area (Å²) in [7, 11) is 0. The van der Waals surface area contributed by atoms with Crippen molar-refractivity contribution in [3.05, 3.63) is 12.2 Å². The zero-order valence-electron chi connectivity index (χ0n) is 7.84. The van der Waals surface area contributed by atoms with Crippen LogP contribution in [0.25, 0.3) is 0 Å². The molecule has 0 aromatic carbocycles. The van der Waals surface area contributed by atoms with Crippen LogP contribution in [0.4, 0.5) is 0 Å². The van der Waals surface area contributed by atoms with Crippen LogP contribution in [0.5, 0.6) is 0 Å². The highest BCUT2D eigenvalue weighted by Crippen LogP contribution is 2.25. The van der Waals surface area contributed by atoms with Gasteiger partial charge in [0.05, 0.1) is 5.92 Å². The van der Waals surface area contributed by atoms with E-state index in [9.17, 15) is 9.59 Å². The van der Waals surface area contributed by atoms with Crippen LogP contribution in [0, 0.1) is 5.92 Å². The average Bonchev–Trinajstić information content (AvgIpc) is 2.04. The molecule has 1 aliphatic rings. The molecular formula is C10H14O3. The second-order valence-electron chi connectivity index (χ2n) is 3.29. The molecule has 13 heavy (non-hydrogen) atoms. The van der Waals surface area contributed by atoms with Crippen LogP contribution in [0.2, 0.25) is 0 Å². The molecule has 0 N–H and O–H groups in total. The van der Waals surface area contributed by atoms with Crippen molar-refractivity contribution < 1.29 is 14.3 Å². The Bertz CT molecular complexity index is 243. The number of hydrogen-bond acceptors (Lipinski definition) is 3. The summed E-state index contributed by atoms with van der Waals surface area (Å²) in [6, 6.07) is 0. The van der Waals surface area contributed by atoms with Crippen molar-refractivity contribution in [2.45, 2.75) is 32.6 Å². The number of ether oxygens (including phenoxy) is 1. The van der Waals surface area contributed by atoms with Crippen molar-refractivity contribution in [2.75, 3.05) is 0 Å². The largest absolute Gasteiger partial charge is 0.393 e. The van der Waals surface area contributed by atoms with E-state index in [1.54, 1.807) is 0 Å². The third-order valence-corrected chi connectivity index (χ3v) is 2.20. The van der Waals surface area contributed by atoms with Crippen LogP contribution in [-0.2, 0) is 14.3 Å². The Labute approximate surface area is 77.8 Å². The van der Waals surface area contributed by atoms with Gasteiger partial charge < -0.3 is 4.74 Å². The maximum Gasteiger partial charge on any atom is 0.320 e. The Morgan fingerprint density at radius 2 is 2.31 bits per heavy atom. The van der Waals surface area contributed by atoms with Gasteiger partial charge in [-0.2, -0.15) is 0 Å². The zero-order chi connectivity index (χ0) is 9.84. The molecule has 0 aliphatic carbocycles. The number of carbonyl (C=O) groups excluding carboxylic acids is 2. The van der Waals surface area contributed by atoms with Gasteiger partial charge in [-0.05, 0) is 12.8 Å². The maximum atomic E-state index is 11.2. The number of hydrogen-bond donors (Lipinski definition) is 0. The quantitative estimate of drug-likeness (QED) is 0.380. The summed E-state index contributed by atoms with van der Waals surface area (Å²) >= 11 is 0. The van der Waals surface area contributed by atoms with E-state index in [0.717, 1.165) is 18.4 Å². The summed E-state index contributed by atoms with van der Waals surface area (Å²) in [6.07, 6.45) is 2.69. The van der Waals surface area contributed by atoms with Gasteiger partial charge in [-0.15, -0.1) is 0 Å². The van der Waals surface area contributed by atoms with Crippen molar-refractivity contribution >= 4 is 11.9 Å². The molecule has 1 aliphatic heterocycles. The summed E-state index contributed by atoms with van der Waals surface area (Å²) in [5.74, 6) is -1.09. The second-order valence-corrected chi connectivity index (χ2v) is 3.29. The van der Waals surface area contributed by atoms with Gasteiger partial charge in [-0.25, -0.2) is 0 Å². The summed E-state index contributed by atoms with van der Waals surface area (Å²) in [5.41, 5.74) is 0.889. The lowest BCUT2D eigenvalue weighted by Gasteiger charge is -2.20. The first-order chi connectivity index (χ1) is 6.15. The predicted octanol–water partition coefficient (Wildman–Crippen LogP) is 1.82. The van der Waals surface area contributed by atoms with E-state index in [1.807, 2.05) is 6.92 Å². The molecule has 0 bridgehead atoms. The van der Waals surface area contributed by atoms with E-state index in [0.29, 0.717) is 12.8 Å². The third-order valence-electron chi connectivity index (χ3n) is 2.20. The highest BCUT2D eigenvalue weighted by atomic mass is 16.6. The maximum absolute atomic E-state index is 11.2. The summed E-state index contributed by atoms with van der Waals surface area (Å²) in [6.45, 7) is 5.86. The highest BCUT2D eigenvalue weighted by Gasteiger charge is 2.30. The molecular weight excluding hydrogens is 168 g/mol. The zero-order valence-corrected chi connectivity index (χ0v) is 7.84. The third kappa shape index (κ3) is 2.41. The predicted molar refractivity (Wildman–Crippen MR) is 47.9 cm³/mol. The fraction of sp³-hybridized carbons (Fsp3) is 0.600. The van der Waals surface area contributed by atoms with Crippen molar-refractivity contribution in [2.24, 2.45) is 5.92 Å². The molecule has 3 heteroatoms. The molecule has 72 valence electrons. The Morgan fingerprint density at radius 3 is 2.85 bits per heavy atom. The minimum Gasteiger partial charge on any atom is -0.393 e. The SMILES string of the molecule is C=C(CCC)C1CCC(=O)OC1=O. The molecule has 1 rings (SSSR count). The molecule has 0 aromatic heterocycles. The lowest BCUT2D eigenvalue weighted by molar-refractivity contribution is -0.166. The van der Waals surface area contributed by atoms with Gasteiger partial charge in [-0.1, -0.05) is 25.5 Å². The molecule has 0 spiro atoms. The van der Waals surface area contributed by atoms with Crippen LogP contribution in [0.1, 0.15) is 32.6 Å². The van der Waals surface area contributed by atoms with Crippen molar-refractivity contribution in [3.63, 3.8) is 0 Å². The van der Waals surface area contributed by atoms with E-state index in [4.69, 9.17) is 0 Å². The van der Waals surface area contributed by atoms with Gasteiger partial charge in [0.25, 0.3) is 0 Å². The normalized spacial score (nSPS) is 22.7. The van der Waals surface area contributed by atoms with E-state index < -0.39 is 11.9 Å². The van der Waals surface area contributed by atoms with Crippen LogP contribution in [0.15, 0.2) is 12.2 Å². The van der Waals surface area contributed by atoms with Crippen LogP contribution in [-0.4, -0.2) is 11.9 Å². The topological polar surface area (TPSA) is 43.4 Å². The number of cyclic esters (lactones) is 2. The monoisotopic (exact) mass is 182 g/mol. The summed E-state index contributed by atoms with van der Waals surface area (Å²) in [5, 5.41) is 0. The number of esters is 2. The minimum absolute atomic E-state index is 0.252. The highest BCUT2D eigenvalue weighted by molar-refractivity contribution is 5.90. The van der Waals surface area contributed by atoms with Gasteiger partial charge in [0, 0.05) is 6.42 Å². The smallest absolute Gasteiger partial charge is 0.320 e. The Balaban J connectivity index is 2.55. The second kappa shape index (κ2) is 4.21. The molecule has 3 nitrogen and oxygen atoms in total. The van der Waals surface area contributed by atoms with Gasteiger partial charge >= 0.3 is 11.9 Å². The van der Waals surface area contributed by atoms with Gasteiger partial charge in [-0.3, -0.25) is 9.59 Å². The lowest BCUT2D eigenvalue weighted by atomic mass is 9.91. The van der Waals surface area contributed by atoms with Crippen LogP contribution < -0.4 is 0 Å². The molecule has 0 amide bonds. The summed E-state index contributed by atoms with van der Waals surface area (Å²) in [4.78, 5) is 21.9. The van der Waals surface area contributed by atoms with Crippen molar-refractivity contribution in [1.29, 1.82) is 0 Å². The number of carbonyl (C=O) groups is 2. The average molecular weight is 182 g/mol. The molecule has 1 atom stereocenters. The van der Waals surface area contributed by atoms with E-state index in [1.165, 1.54) is 0 Å². The molecule has 1 saturated heterocycles. The molecule has 1 heterocycles. The van der Waals surface area contributed by atoms with E-state index in [2.05, 4.69) is 11.3 Å². The summed E-state index contributed by atoms with van der Waals surface area (Å²) < 4.78 is 4.53. The van der Waals surface area contributed by atoms with E-state index in [-0.39, 0.29) is 5.92 Å². The molecule has 0 saturated carbocycles.